The number of nitrogens with zero attached hydrogens (tertiary/aromatic N) is 3. The molecule has 136 valence electrons. The number of sulfonamides is 1. The van der Waals surface area contributed by atoms with Gasteiger partial charge in [0.1, 0.15) is 0 Å². The largest absolute Gasteiger partial charge is 0.334 e. The summed E-state index contributed by atoms with van der Waals surface area (Å²) in [6, 6.07) is 7.04. The fraction of sp³-hybridized carbons (Fsp3) is 0.529. The van der Waals surface area contributed by atoms with Crippen molar-refractivity contribution in [3.8, 4) is 11.5 Å². The standard InChI is InChI=1S/C17H24N4O3S/c1-13(18-2)12-16-19-17(24-20-16)14-8-4-5-9-15(14)25(22,23)21-10-6-3-7-11-21/h4-5,8-9,13,18H,3,6-7,10-12H2,1-2H3. The van der Waals surface area contributed by atoms with E-state index >= 15 is 0 Å². The Bertz CT molecular complexity index is 813. The van der Waals surface area contributed by atoms with Gasteiger partial charge < -0.3 is 9.84 Å². The number of nitrogens with one attached hydrogen (secondary N) is 1. The van der Waals surface area contributed by atoms with Crippen LogP contribution in [0.1, 0.15) is 32.0 Å². The summed E-state index contributed by atoms with van der Waals surface area (Å²) in [5, 5.41) is 7.10. The van der Waals surface area contributed by atoms with Crippen LogP contribution in [0.5, 0.6) is 0 Å². The van der Waals surface area contributed by atoms with Gasteiger partial charge in [-0.15, -0.1) is 0 Å². The van der Waals surface area contributed by atoms with Crippen molar-refractivity contribution in [2.75, 3.05) is 20.1 Å². The first kappa shape index (κ1) is 18.0. The molecule has 0 saturated carbocycles. The monoisotopic (exact) mass is 364 g/mol. The normalized spacial score (nSPS) is 17.5. The van der Waals surface area contributed by atoms with E-state index in [1.165, 1.54) is 0 Å². The number of hydrogen-bond donors (Lipinski definition) is 1. The average molecular weight is 364 g/mol. The maximum absolute atomic E-state index is 13.0. The topological polar surface area (TPSA) is 88.3 Å². The molecule has 0 aliphatic carbocycles. The Balaban J connectivity index is 1.93. The third kappa shape index (κ3) is 3.91. The first-order valence-corrected chi connectivity index (χ1v) is 10.1. The molecule has 1 unspecified atom stereocenters. The Morgan fingerprint density at radius 1 is 1.24 bits per heavy atom. The summed E-state index contributed by atoms with van der Waals surface area (Å²) in [4.78, 5) is 4.62. The van der Waals surface area contributed by atoms with Crippen molar-refractivity contribution in [3.05, 3.63) is 30.1 Å². The van der Waals surface area contributed by atoms with Gasteiger partial charge in [-0.25, -0.2) is 8.42 Å². The van der Waals surface area contributed by atoms with Gasteiger partial charge in [-0.2, -0.15) is 9.29 Å². The fourth-order valence-corrected chi connectivity index (χ4v) is 4.64. The van der Waals surface area contributed by atoms with Gasteiger partial charge in [-0.1, -0.05) is 23.7 Å². The summed E-state index contributed by atoms with van der Waals surface area (Å²) in [6.45, 7) is 3.14. The highest BCUT2D eigenvalue weighted by Gasteiger charge is 2.29. The zero-order valence-electron chi connectivity index (χ0n) is 14.6. The molecule has 0 bridgehead atoms. The molecule has 0 spiro atoms. The Kier molecular flexibility index (Phi) is 5.51. The van der Waals surface area contributed by atoms with Crippen LogP contribution in [0, 0.1) is 0 Å². The lowest BCUT2D eigenvalue weighted by atomic mass is 10.2. The van der Waals surface area contributed by atoms with Crippen LogP contribution < -0.4 is 5.32 Å². The molecule has 1 aromatic carbocycles. The molecule has 25 heavy (non-hydrogen) atoms. The van der Waals surface area contributed by atoms with Crippen molar-refractivity contribution in [2.24, 2.45) is 0 Å². The van der Waals surface area contributed by atoms with Crippen molar-refractivity contribution in [1.29, 1.82) is 0 Å². The number of hydrogen-bond acceptors (Lipinski definition) is 6. The summed E-state index contributed by atoms with van der Waals surface area (Å²) in [5.41, 5.74) is 0.462. The SMILES string of the molecule is CNC(C)Cc1noc(-c2ccccc2S(=O)(=O)N2CCCCC2)n1. The molecule has 1 saturated heterocycles. The van der Waals surface area contributed by atoms with Gasteiger partial charge in [0.2, 0.25) is 10.0 Å². The number of likely N-dealkylation sites (N-methyl/N-ethyl adjacent to an activating group) is 1. The molecule has 0 radical (unpaired) electrons. The lowest BCUT2D eigenvalue weighted by Crippen LogP contribution is -2.35. The van der Waals surface area contributed by atoms with Crippen LogP contribution in [0.15, 0.2) is 33.7 Å². The highest BCUT2D eigenvalue weighted by molar-refractivity contribution is 7.89. The number of aromatic nitrogens is 2. The van der Waals surface area contributed by atoms with Crippen LogP contribution in [-0.4, -0.2) is 49.0 Å². The van der Waals surface area contributed by atoms with Gasteiger partial charge in [0.25, 0.3) is 5.89 Å². The molecule has 1 aliphatic heterocycles. The second kappa shape index (κ2) is 7.63. The van der Waals surface area contributed by atoms with E-state index in [9.17, 15) is 8.42 Å². The molecule has 7 nitrogen and oxygen atoms in total. The first-order chi connectivity index (χ1) is 12.0. The molecule has 2 aromatic rings. The smallest absolute Gasteiger partial charge is 0.259 e. The van der Waals surface area contributed by atoms with Gasteiger partial charge in [-0.3, -0.25) is 0 Å². The predicted molar refractivity (Wildman–Crippen MR) is 94.6 cm³/mol. The first-order valence-electron chi connectivity index (χ1n) is 8.62. The molecule has 2 heterocycles. The van der Waals surface area contributed by atoms with Crippen molar-refractivity contribution in [2.45, 2.75) is 43.5 Å². The maximum atomic E-state index is 13.0. The van der Waals surface area contributed by atoms with E-state index in [0.29, 0.717) is 30.9 Å². The van der Waals surface area contributed by atoms with Crippen molar-refractivity contribution >= 4 is 10.0 Å². The van der Waals surface area contributed by atoms with E-state index < -0.39 is 10.0 Å². The highest BCUT2D eigenvalue weighted by Crippen LogP contribution is 2.29. The third-order valence-electron chi connectivity index (χ3n) is 4.50. The minimum absolute atomic E-state index is 0.206. The average Bonchev–Trinajstić information content (AvgIpc) is 3.10. The second-order valence-corrected chi connectivity index (χ2v) is 8.28. The quantitative estimate of drug-likeness (QED) is 0.844. The van der Waals surface area contributed by atoms with Crippen LogP contribution in [0.4, 0.5) is 0 Å². The molecule has 1 aromatic heterocycles. The molecule has 1 atom stereocenters. The predicted octanol–water partition coefficient (Wildman–Crippen LogP) is 2.06. The summed E-state index contributed by atoms with van der Waals surface area (Å²) in [7, 11) is -1.70. The van der Waals surface area contributed by atoms with E-state index in [4.69, 9.17) is 4.52 Å². The number of piperidine rings is 1. The van der Waals surface area contributed by atoms with E-state index in [0.717, 1.165) is 19.3 Å². The Labute approximate surface area is 148 Å². The van der Waals surface area contributed by atoms with E-state index in [1.807, 2.05) is 14.0 Å². The maximum Gasteiger partial charge on any atom is 0.259 e. The van der Waals surface area contributed by atoms with E-state index in [2.05, 4.69) is 15.5 Å². The van der Waals surface area contributed by atoms with E-state index in [-0.39, 0.29) is 16.8 Å². The van der Waals surface area contributed by atoms with E-state index in [1.54, 1.807) is 28.6 Å². The molecule has 1 fully saturated rings. The summed E-state index contributed by atoms with van der Waals surface area (Å²) in [6.07, 6.45) is 3.48. The highest BCUT2D eigenvalue weighted by atomic mass is 32.2. The lowest BCUT2D eigenvalue weighted by Gasteiger charge is -2.26. The zero-order chi connectivity index (χ0) is 17.9. The molecular weight excluding hydrogens is 340 g/mol. The Morgan fingerprint density at radius 2 is 1.96 bits per heavy atom. The molecule has 3 rings (SSSR count). The van der Waals surface area contributed by atoms with Crippen molar-refractivity contribution in [1.82, 2.24) is 19.8 Å². The Hall–Kier alpha value is -1.77. The van der Waals surface area contributed by atoms with Crippen LogP contribution in [0.25, 0.3) is 11.5 Å². The number of rotatable bonds is 6. The van der Waals surface area contributed by atoms with Gasteiger partial charge in [0.05, 0.1) is 10.5 Å². The summed E-state index contributed by atoms with van der Waals surface area (Å²) < 4.78 is 33.0. The number of benzene rings is 1. The molecule has 1 N–H and O–H groups in total. The third-order valence-corrected chi connectivity index (χ3v) is 6.46. The summed E-state index contributed by atoms with van der Waals surface area (Å²) in [5.74, 6) is 0.802. The fourth-order valence-electron chi connectivity index (χ4n) is 2.93. The van der Waals surface area contributed by atoms with Gasteiger partial charge in [0.15, 0.2) is 5.82 Å². The molecule has 8 heteroatoms. The molecule has 0 amide bonds. The summed E-state index contributed by atoms with van der Waals surface area (Å²) >= 11 is 0. The lowest BCUT2D eigenvalue weighted by molar-refractivity contribution is 0.346. The minimum atomic E-state index is -3.57. The van der Waals surface area contributed by atoms with Gasteiger partial charge in [0, 0.05) is 25.6 Å². The molecule has 1 aliphatic rings. The van der Waals surface area contributed by atoms with Crippen LogP contribution >= 0.6 is 0 Å². The van der Waals surface area contributed by atoms with Crippen LogP contribution in [-0.2, 0) is 16.4 Å². The van der Waals surface area contributed by atoms with Gasteiger partial charge in [-0.05, 0) is 38.9 Å². The minimum Gasteiger partial charge on any atom is -0.334 e. The van der Waals surface area contributed by atoms with Crippen LogP contribution in [0.3, 0.4) is 0 Å². The second-order valence-electron chi connectivity index (χ2n) is 6.37. The van der Waals surface area contributed by atoms with Crippen LogP contribution in [0.2, 0.25) is 0 Å². The van der Waals surface area contributed by atoms with Crippen molar-refractivity contribution < 1.29 is 12.9 Å². The molecular formula is C17H24N4O3S. The Morgan fingerprint density at radius 3 is 2.68 bits per heavy atom. The van der Waals surface area contributed by atoms with Gasteiger partial charge >= 0.3 is 0 Å². The zero-order valence-corrected chi connectivity index (χ0v) is 15.4. The van der Waals surface area contributed by atoms with Crippen molar-refractivity contribution in [3.63, 3.8) is 0 Å².